The summed E-state index contributed by atoms with van der Waals surface area (Å²) in [4.78, 5) is 19.7. The van der Waals surface area contributed by atoms with E-state index in [2.05, 4.69) is 15.1 Å². The molecule has 0 bridgehead atoms. The third kappa shape index (κ3) is 2.15. The number of fused-ring (bicyclic) bond motifs is 3. The van der Waals surface area contributed by atoms with Crippen LogP contribution in [0.4, 0.5) is 0 Å². The molecule has 0 saturated carbocycles. The fourth-order valence-corrected chi connectivity index (χ4v) is 2.69. The Bertz CT molecular complexity index is 1040. The maximum Gasteiger partial charge on any atom is 0.282 e. The lowest BCUT2D eigenvalue weighted by Crippen LogP contribution is -2.14. The molecule has 1 aromatic heterocycles. The average Bonchev–Trinajstić information content (AvgIpc) is 2.92. The number of H-pyrrole nitrogens is 1. The molecule has 0 aliphatic carbocycles. The molecule has 0 radical (unpaired) electrons. The average molecular weight is 327 g/mol. The van der Waals surface area contributed by atoms with Crippen molar-refractivity contribution in [2.75, 3.05) is 7.11 Å². The molecule has 2 aliphatic rings. The summed E-state index contributed by atoms with van der Waals surface area (Å²) in [5.74, 6) is 0.718. The van der Waals surface area contributed by atoms with Crippen LogP contribution < -0.4 is 10.3 Å². The van der Waals surface area contributed by atoms with Gasteiger partial charge in [0.05, 0.1) is 23.9 Å². The van der Waals surface area contributed by atoms with Crippen molar-refractivity contribution in [3.05, 3.63) is 58.2 Å². The zero-order valence-electron chi connectivity index (χ0n) is 12.1. The van der Waals surface area contributed by atoms with Crippen molar-refractivity contribution < 1.29 is 4.74 Å². The lowest BCUT2D eigenvalue weighted by molar-refractivity contribution is 0.414. The summed E-state index contributed by atoms with van der Waals surface area (Å²) in [6.45, 7) is 0. The molecule has 0 unspecified atom stereocenters. The first-order chi connectivity index (χ1) is 11.2. The Morgan fingerprint density at radius 3 is 2.78 bits per heavy atom. The minimum Gasteiger partial charge on any atom is -0.497 e. The Labute approximate surface area is 135 Å². The summed E-state index contributed by atoms with van der Waals surface area (Å²) in [5.41, 5.74) is 2.33. The molecular weight excluding hydrogens is 316 g/mol. The van der Waals surface area contributed by atoms with E-state index in [1.54, 1.807) is 49.8 Å². The molecule has 4 rings (SSSR count). The van der Waals surface area contributed by atoms with Gasteiger partial charge in [0.2, 0.25) is 0 Å². The van der Waals surface area contributed by atoms with E-state index in [1.165, 1.54) is 4.68 Å². The fraction of sp³-hybridized carbons (Fsp3) is 0.0625. The third-order valence-corrected chi connectivity index (χ3v) is 3.90. The van der Waals surface area contributed by atoms with E-state index in [4.69, 9.17) is 16.3 Å². The van der Waals surface area contributed by atoms with Crippen molar-refractivity contribution in [1.29, 1.82) is 0 Å². The second-order valence-corrected chi connectivity index (χ2v) is 5.41. The molecule has 3 heterocycles. The number of hydrogen-bond acceptors (Lipinski definition) is 4. The molecule has 1 aromatic carbocycles. The van der Waals surface area contributed by atoms with Gasteiger partial charge in [-0.1, -0.05) is 11.6 Å². The molecule has 2 aromatic rings. The molecule has 0 fully saturated rings. The van der Waals surface area contributed by atoms with Gasteiger partial charge >= 0.3 is 0 Å². The molecule has 1 N–H and O–H groups in total. The summed E-state index contributed by atoms with van der Waals surface area (Å²) < 4.78 is 6.50. The van der Waals surface area contributed by atoms with E-state index in [1.807, 2.05) is 0 Å². The van der Waals surface area contributed by atoms with Gasteiger partial charge < -0.3 is 9.72 Å². The highest BCUT2D eigenvalue weighted by molar-refractivity contribution is 6.30. The van der Waals surface area contributed by atoms with Gasteiger partial charge in [0.1, 0.15) is 16.6 Å². The lowest BCUT2D eigenvalue weighted by atomic mass is 10.1. The highest BCUT2D eigenvalue weighted by Gasteiger charge is 2.19. The van der Waals surface area contributed by atoms with E-state index in [0.717, 1.165) is 16.7 Å². The number of ether oxygens (including phenoxy) is 1. The van der Waals surface area contributed by atoms with Crippen LogP contribution in [-0.2, 0) is 0 Å². The SMILES string of the molecule is COc1ccc(-n2nc3c4cnc(Cl)cc4[nH]cc-3c2=O)cc1. The first-order valence-electron chi connectivity index (χ1n) is 6.87. The topological polar surface area (TPSA) is 72.8 Å². The van der Waals surface area contributed by atoms with Gasteiger partial charge in [-0.25, -0.2) is 4.98 Å². The van der Waals surface area contributed by atoms with Crippen molar-refractivity contribution in [3.8, 4) is 22.7 Å². The molecule has 2 aliphatic heterocycles. The van der Waals surface area contributed by atoms with Crippen LogP contribution in [0.15, 0.2) is 47.5 Å². The summed E-state index contributed by atoms with van der Waals surface area (Å²) in [6.07, 6.45) is 3.25. The largest absolute Gasteiger partial charge is 0.497 e. The van der Waals surface area contributed by atoms with E-state index in [9.17, 15) is 4.79 Å². The zero-order valence-corrected chi connectivity index (χ0v) is 12.8. The smallest absolute Gasteiger partial charge is 0.282 e. The predicted octanol–water partition coefficient (Wildman–Crippen LogP) is 2.88. The van der Waals surface area contributed by atoms with Crippen molar-refractivity contribution in [2.24, 2.45) is 0 Å². The monoisotopic (exact) mass is 326 g/mol. The Hall–Kier alpha value is -2.86. The first-order valence-corrected chi connectivity index (χ1v) is 7.25. The van der Waals surface area contributed by atoms with Crippen LogP contribution >= 0.6 is 11.6 Å². The van der Waals surface area contributed by atoms with Crippen molar-refractivity contribution in [3.63, 3.8) is 0 Å². The van der Waals surface area contributed by atoms with E-state index < -0.39 is 0 Å². The van der Waals surface area contributed by atoms with Gasteiger partial charge in [0.25, 0.3) is 5.56 Å². The van der Waals surface area contributed by atoms with E-state index in [0.29, 0.717) is 22.1 Å². The Morgan fingerprint density at radius 1 is 1.26 bits per heavy atom. The van der Waals surface area contributed by atoms with Gasteiger partial charge in [0, 0.05) is 17.8 Å². The van der Waals surface area contributed by atoms with E-state index in [-0.39, 0.29) is 5.56 Å². The highest BCUT2D eigenvalue weighted by atomic mass is 35.5. The second kappa shape index (κ2) is 5.10. The summed E-state index contributed by atoms with van der Waals surface area (Å²) in [7, 11) is 1.59. The van der Waals surface area contributed by atoms with Crippen LogP contribution in [0.5, 0.6) is 5.75 Å². The van der Waals surface area contributed by atoms with Crippen LogP contribution in [0.3, 0.4) is 0 Å². The van der Waals surface area contributed by atoms with Gasteiger partial charge in [-0.3, -0.25) is 4.79 Å². The third-order valence-electron chi connectivity index (χ3n) is 3.69. The summed E-state index contributed by atoms with van der Waals surface area (Å²) in [6, 6.07) is 8.84. The number of nitrogens with one attached hydrogen (secondary N) is 1. The number of hydrogen-bond donors (Lipinski definition) is 1. The van der Waals surface area contributed by atoms with E-state index >= 15 is 0 Å². The standard InChI is InChI=1S/C16H11ClN4O2/c1-23-10-4-2-9(3-5-10)21-16(22)12-8-18-13-6-14(17)19-7-11(13)15(12)20-21/h2-8,18H,1H3. The van der Waals surface area contributed by atoms with Gasteiger partial charge in [-0.15, -0.1) is 0 Å². The van der Waals surface area contributed by atoms with Crippen LogP contribution in [0.25, 0.3) is 27.8 Å². The Morgan fingerprint density at radius 2 is 2.04 bits per heavy atom. The number of nitrogens with zero attached hydrogens (tertiary/aromatic N) is 3. The quantitative estimate of drug-likeness (QED) is 0.575. The Kier molecular flexibility index (Phi) is 3.06. The normalized spacial score (nSPS) is 11.2. The highest BCUT2D eigenvalue weighted by Crippen LogP contribution is 2.26. The number of pyridine rings is 2. The molecule has 7 heteroatoms. The zero-order chi connectivity index (χ0) is 16.0. The first kappa shape index (κ1) is 13.8. The maximum atomic E-state index is 12.6. The molecule has 0 saturated heterocycles. The van der Waals surface area contributed by atoms with Crippen molar-refractivity contribution in [2.45, 2.75) is 0 Å². The molecule has 0 spiro atoms. The van der Waals surface area contributed by atoms with Crippen LogP contribution in [0.2, 0.25) is 5.15 Å². The van der Waals surface area contributed by atoms with Crippen molar-refractivity contribution >= 4 is 22.5 Å². The predicted molar refractivity (Wildman–Crippen MR) is 87.7 cm³/mol. The molecule has 6 nitrogen and oxygen atoms in total. The number of benzene rings is 1. The summed E-state index contributed by atoms with van der Waals surface area (Å²) in [5, 5.41) is 5.58. The summed E-state index contributed by atoms with van der Waals surface area (Å²) >= 11 is 5.90. The van der Waals surface area contributed by atoms with Gasteiger partial charge in [-0.2, -0.15) is 9.78 Å². The molecule has 23 heavy (non-hydrogen) atoms. The number of halogens is 1. The van der Waals surface area contributed by atoms with Gasteiger partial charge in [0.15, 0.2) is 0 Å². The van der Waals surface area contributed by atoms with Crippen molar-refractivity contribution in [1.82, 2.24) is 19.7 Å². The minimum atomic E-state index is -0.196. The Balaban J connectivity index is 1.97. The number of aromatic nitrogens is 4. The lowest BCUT2D eigenvalue weighted by Gasteiger charge is -2.02. The van der Waals surface area contributed by atoms with Crippen LogP contribution in [0.1, 0.15) is 0 Å². The van der Waals surface area contributed by atoms with Crippen LogP contribution in [0, 0.1) is 0 Å². The number of aromatic amines is 1. The molecule has 0 atom stereocenters. The molecular formula is C16H11ClN4O2. The second-order valence-electron chi connectivity index (χ2n) is 5.02. The van der Waals surface area contributed by atoms with Crippen LogP contribution in [-0.4, -0.2) is 26.9 Å². The molecule has 114 valence electrons. The fourth-order valence-electron chi connectivity index (χ4n) is 2.53. The minimum absolute atomic E-state index is 0.196. The number of methoxy groups -OCH3 is 1. The molecule has 0 amide bonds. The maximum absolute atomic E-state index is 12.6. The number of rotatable bonds is 2. The van der Waals surface area contributed by atoms with Gasteiger partial charge in [-0.05, 0) is 30.3 Å².